The highest BCUT2D eigenvalue weighted by Crippen LogP contribution is 2.27. The molecule has 0 spiro atoms. The molecule has 17 heavy (non-hydrogen) atoms. The summed E-state index contributed by atoms with van der Waals surface area (Å²) in [5, 5.41) is 8.91. The zero-order chi connectivity index (χ0) is 12.9. The molecule has 1 amide bonds. The van der Waals surface area contributed by atoms with Gasteiger partial charge in [0, 0.05) is 32.2 Å². The molecule has 0 unspecified atom stereocenters. The van der Waals surface area contributed by atoms with Crippen molar-refractivity contribution in [2.45, 2.75) is 58.1 Å². The SMILES string of the molecule is CCC(=O)N(CCCO)[C@H]1CCOC(C)(C)C1. The maximum Gasteiger partial charge on any atom is 0.222 e. The topological polar surface area (TPSA) is 49.8 Å². The van der Waals surface area contributed by atoms with E-state index in [1.54, 1.807) is 0 Å². The van der Waals surface area contributed by atoms with E-state index in [4.69, 9.17) is 9.84 Å². The van der Waals surface area contributed by atoms with Crippen LogP contribution in [0.1, 0.15) is 46.5 Å². The smallest absolute Gasteiger partial charge is 0.222 e. The zero-order valence-electron chi connectivity index (χ0n) is 11.2. The molecule has 100 valence electrons. The van der Waals surface area contributed by atoms with Crippen molar-refractivity contribution in [3.8, 4) is 0 Å². The number of ether oxygens (including phenoxy) is 1. The maximum atomic E-state index is 11.9. The van der Waals surface area contributed by atoms with Crippen LogP contribution in [0.15, 0.2) is 0 Å². The predicted octanol–water partition coefficient (Wildman–Crippen LogP) is 1.56. The van der Waals surface area contributed by atoms with E-state index in [0.717, 1.165) is 12.8 Å². The minimum Gasteiger partial charge on any atom is -0.396 e. The van der Waals surface area contributed by atoms with E-state index >= 15 is 0 Å². The van der Waals surface area contributed by atoms with Gasteiger partial charge in [-0.15, -0.1) is 0 Å². The lowest BCUT2D eigenvalue weighted by Crippen LogP contribution is -2.48. The molecule has 4 heteroatoms. The van der Waals surface area contributed by atoms with Gasteiger partial charge in [0.1, 0.15) is 0 Å². The Morgan fingerprint density at radius 1 is 1.53 bits per heavy atom. The zero-order valence-corrected chi connectivity index (χ0v) is 11.2. The molecule has 1 aliphatic rings. The summed E-state index contributed by atoms with van der Waals surface area (Å²) in [6.07, 6.45) is 2.97. The Bertz CT molecular complexity index is 253. The van der Waals surface area contributed by atoms with Gasteiger partial charge in [0.05, 0.1) is 5.60 Å². The molecule has 0 aliphatic carbocycles. The molecular formula is C13H25NO3. The van der Waals surface area contributed by atoms with E-state index in [2.05, 4.69) is 13.8 Å². The summed E-state index contributed by atoms with van der Waals surface area (Å²) in [5.41, 5.74) is -0.144. The van der Waals surface area contributed by atoms with Crippen LogP contribution >= 0.6 is 0 Å². The number of hydrogen-bond donors (Lipinski definition) is 1. The Morgan fingerprint density at radius 2 is 2.24 bits per heavy atom. The number of hydrogen-bond acceptors (Lipinski definition) is 3. The van der Waals surface area contributed by atoms with Crippen LogP contribution in [-0.2, 0) is 9.53 Å². The molecule has 1 N–H and O–H groups in total. The van der Waals surface area contributed by atoms with Crippen LogP contribution in [0, 0.1) is 0 Å². The summed E-state index contributed by atoms with van der Waals surface area (Å²) in [7, 11) is 0. The highest BCUT2D eigenvalue weighted by atomic mass is 16.5. The van der Waals surface area contributed by atoms with Gasteiger partial charge in [-0.2, -0.15) is 0 Å². The number of carbonyl (C=O) groups excluding carboxylic acids is 1. The van der Waals surface area contributed by atoms with Crippen LogP contribution in [-0.4, -0.2) is 47.3 Å². The maximum absolute atomic E-state index is 11.9. The summed E-state index contributed by atoms with van der Waals surface area (Å²) in [6, 6.07) is 0.262. The minimum atomic E-state index is -0.144. The van der Waals surface area contributed by atoms with Gasteiger partial charge in [0.2, 0.25) is 5.91 Å². The third kappa shape index (κ3) is 4.28. The van der Waals surface area contributed by atoms with Gasteiger partial charge in [0.25, 0.3) is 0 Å². The first-order valence-corrected chi connectivity index (χ1v) is 6.54. The average molecular weight is 243 g/mol. The molecule has 0 saturated carbocycles. The van der Waals surface area contributed by atoms with Crippen LogP contribution in [0.3, 0.4) is 0 Å². The molecule has 4 nitrogen and oxygen atoms in total. The van der Waals surface area contributed by atoms with Gasteiger partial charge in [-0.25, -0.2) is 0 Å². The van der Waals surface area contributed by atoms with Gasteiger partial charge >= 0.3 is 0 Å². The standard InChI is InChI=1S/C13H25NO3/c1-4-12(16)14(7-5-8-15)11-6-9-17-13(2,3)10-11/h11,15H,4-10H2,1-3H3/t11-/m0/s1. The Kier molecular flexibility index (Phi) is 5.40. The molecule has 0 aromatic carbocycles. The van der Waals surface area contributed by atoms with Crippen molar-refractivity contribution < 1.29 is 14.6 Å². The van der Waals surface area contributed by atoms with Gasteiger partial charge in [0.15, 0.2) is 0 Å². The number of amides is 1. The molecule has 1 atom stereocenters. The number of aliphatic hydroxyl groups is 1. The molecule has 1 saturated heterocycles. The third-order valence-corrected chi connectivity index (χ3v) is 3.29. The lowest BCUT2D eigenvalue weighted by atomic mass is 9.92. The van der Waals surface area contributed by atoms with Gasteiger partial charge in [-0.1, -0.05) is 6.92 Å². The van der Waals surface area contributed by atoms with Crippen LogP contribution in [0.5, 0.6) is 0 Å². The van der Waals surface area contributed by atoms with Gasteiger partial charge < -0.3 is 14.7 Å². The van der Waals surface area contributed by atoms with E-state index in [9.17, 15) is 4.79 Å². The largest absolute Gasteiger partial charge is 0.396 e. The quantitative estimate of drug-likeness (QED) is 0.797. The second-order valence-electron chi connectivity index (χ2n) is 5.27. The number of aliphatic hydroxyl groups excluding tert-OH is 1. The van der Waals surface area contributed by atoms with Crippen molar-refractivity contribution in [3.05, 3.63) is 0 Å². The molecule has 0 aromatic rings. The molecule has 1 rings (SSSR count). The van der Waals surface area contributed by atoms with Crippen molar-refractivity contribution in [2.75, 3.05) is 19.8 Å². The first kappa shape index (κ1) is 14.5. The highest BCUT2D eigenvalue weighted by Gasteiger charge is 2.33. The lowest BCUT2D eigenvalue weighted by Gasteiger charge is -2.41. The van der Waals surface area contributed by atoms with Crippen molar-refractivity contribution in [3.63, 3.8) is 0 Å². The van der Waals surface area contributed by atoms with E-state index in [-0.39, 0.29) is 24.2 Å². The van der Waals surface area contributed by atoms with Gasteiger partial charge in [-0.3, -0.25) is 4.79 Å². The number of rotatable bonds is 5. The highest BCUT2D eigenvalue weighted by molar-refractivity contribution is 5.76. The van der Waals surface area contributed by atoms with Crippen molar-refractivity contribution in [2.24, 2.45) is 0 Å². The normalized spacial score (nSPS) is 23.4. The third-order valence-electron chi connectivity index (χ3n) is 3.29. The summed E-state index contributed by atoms with van der Waals surface area (Å²) >= 11 is 0. The molecule has 1 heterocycles. The Labute approximate surface area is 104 Å². The fourth-order valence-electron chi connectivity index (χ4n) is 2.42. The molecular weight excluding hydrogens is 218 g/mol. The number of carbonyl (C=O) groups is 1. The molecule has 0 bridgehead atoms. The number of nitrogens with zero attached hydrogens (tertiary/aromatic N) is 1. The second-order valence-corrected chi connectivity index (χ2v) is 5.27. The first-order chi connectivity index (χ1) is 8.00. The summed E-state index contributed by atoms with van der Waals surface area (Å²) in [4.78, 5) is 13.9. The van der Waals surface area contributed by atoms with Crippen LogP contribution in [0.25, 0.3) is 0 Å². The fourth-order valence-corrected chi connectivity index (χ4v) is 2.42. The van der Waals surface area contributed by atoms with Crippen LogP contribution in [0.2, 0.25) is 0 Å². The molecule has 1 fully saturated rings. The van der Waals surface area contributed by atoms with Crippen LogP contribution in [0.4, 0.5) is 0 Å². The molecule has 0 aromatic heterocycles. The van der Waals surface area contributed by atoms with E-state index in [1.165, 1.54) is 0 Å². The molecule has 0 radical (unpaired) electrons. The van der Waals surface area contributed by atoms with Crippen molar-refractivity contribution in [1.82, 2.24) is 4.90 Å². The Balaban J connectivity index is 2.64. The second kappa shape index (κ2) is 6.36. The monoisotopic (exact) mass is 243 g/mol. The van der Waals surface area contributed by atoms with Crippen molar-refractivity contribution in [1.29, 1.82) is 0 Å². The van der Waals surface area contributed by atoms with E-state index < -0.39 is 0 Å². The van der Waals surface area contributed by atoms with Crippen LogP contribution < -0.4 is 0 Å². The summed E-state index contributed by atoms with van der Waals surface area (Å²) in [5.74, 6) is 0.182. The minimum absolute atomic E-state index is 0.139. The lowest BCUT2D eigenvalue weighted by molar-refractivity contribution is -0.140. The van der Waals surface area contributed by atoms with Crippen molar-refractivity contribution >= 4 is 5.91 Å². The predicted molar refractivity (Wildman–Crippen MR) is 66.8 cm³/mol. The fraction of sp³-hybridized carbons (Fsp3) is 0.923. The Hall–Kier alpha value is -0.610. The molecule has 1 aliphatic heterocycles. The average Bonchev–Trinajstić information content (AvgIpc) is 2.28. The Morgan fingerprint density at radius 3 is 2.76 bits per heavy atom. The van der Waals surface area contributed by atoms with E-state index in [0.29, 0.717) is 26.0 Å². The van der Waals surface area contributed by atoms with Gasteiger partial charge in [-0.05, 0) is 33.1 Å². The summed E-state index contributed by atoms with van der Waals surface area (Å²) < 4.78 is 5.68. The summed E-state index contributed by atoms with van der Waals surface area (Å²) in [6.45, 7) is 7.53. The van der Waals surface area contributed by atoms with E-state index in [1.807, 2.05) is 11.8 Å². The first-order valence-electron chi connectivity index (χ1n) is 6.54.